The molecule has 1 amide bonds. The lowest BCUT2D eigenvalue weighted by Gasteiger charge is -2.31. The zero-order valence-corrected chi connectivity index (χ0v) is 16.6. The lowest BCUT2D eigenvalue weighted by Crippen LogP contribution is -2.40. The molecule has 2 fully saturated rings. The van der Waals surface area contributed by atoms with Crippen LogP contribution in [0.5, 0.6) is 0 Å². The predicted molar refractivity (Wildman–Crippen MR) is 109 cm³/mol. The molecule has 1 heterocycles. The highest BCUT2D eigenvalue weighted by Crippen LogP contribution is 2.28. The number of likely N-dealkylation sites (tertiary alicyclic amines) is 1. The molecule has 3 rings (SSSR count). The van der Waals surface area contributed by atoms with E-state index in [1.54, 1.807) is 0 Å². The summed E-state index contributed by atoms with van der Waals surface area (Å²) in [6.07, 6.45) is 3.18. The van der Waals surface area contributed by atoms with E-state index in [0.29, 0.717) is 12.6 Å². The number of nitrogens with zero attached hydrogens (tertiary/aromatic N) is 2. The lowest BCUT2D eigenvalue weighted by molar-refractivity contribution is -0.123. The molecule has 27 heavy (non-hydrogen) atoms. The van der Waals surface area contributed by atoms with Gasteiger partial charge in [0.05, 0.1) is 12.5 Å². The van der Waals surface area contributed by atoms with Gasteiger partial charge in [-0.25, -0.2) is 4.99 Å². The van der Waals surface area contributed by atoms with Gasteiger partial charge < -0.3 is 16.4 Å². The molecule has 3 unspecified atom stereocenters. The van der Waals surface area contributed by atoms with E-state index in [1.165, 1.54) is 17.5 Å². The number of guanidine groups is 1. The number of hydrogen-bond donors (Lipinski definition) is 3. The summed E-state index contributed by atoms with van der Waals surface area (Å²) in [4.78, 5) is 18.6. The first-order valence-electron chi connectivity index (χ1n) is 10.2. The smallest absolute Gasteiger partial charge is 0.221 e. The highest BCUT2D eigenvalue weighted by Gasteiger charge is 2.33. The van der Waals surface area contributed by atoms with Gasteiger partial charge in [0.2, 0.25) is 5.91 Å². The van der Waals surface area contributed by atoms with Crippen LogP contribution in [0.15, 0.2) is 29.3 Å². The summed E-state index contributed by atoms with van der Waals surface area (Å²) in [5, 5.41) is 6.82. The molecule has 2 aliphatic rings. The van der Waals surface area contributed by atoms with Gasteiger partial charge in [-0.1, -0.05) is 31.2 Å². The summed E-state index contributed by atoms with van der Waals surface area (Å²) in [5.74, 6) is 1.46. The fourth-order valence-electron chi connectivity index (χ4n) is 3.71. The third-order valence-corrected chi connectivity index (χ3v) is 5.50. The summed E-state index contributed by atoms with van der Waals surface area (Å²) >= 11 is 0. The van der Waals surface area contributed by atoms with Gasteiger partial charge in [-0.3, -0.25) is 9.69 Å². The molecule has 6 nitrogen and oxygen atoms in total. The maximum absolute atomic E-state index is 11.5. The second-order valence-electron chi connectivity index (χ2n) is 7.96. The number of nitrogens with one attached hydrogen (secondary N) is 2. The Hall–Kier alpha value is -2.08. The summed E-state index contributed by atoms with van der Waals surface area (Å²) in [7, 11) is 0. The predicted octanol–water partition coefficient (Wildman–Crippen LogP) is 1.85. The molecule has 0 radical (unpaired) electrons. The molecule has 0 bridgehead atoms. The van der Waals surface area contributed by atoms with Crippen molar-refractivity contribution < 1.29 is 4.79 Å². The van der Waals surface area contributed by atoms with Crippen molar-refractivity contribution in [2.24, 2.45) is 22.6 Å². The highest BCUT2D eigenvalue weighted by atomic mass is 16.1. The van der Waals surface area contributed by atoms with Crippen LogP contribution in [0.4, 0.5) is 0 Å². The molecule has 1 aliphatic carbocycles. The molecule has 0 spiro atoms. The number of piperidine rings is 1. The minimum atomic E-state index is -0.170. The van der Waals surface area contributed by atoms with Crippen LogP contribution in [0.1, 0.15) is 44.2 Å². The van der Waals surface area contributed by atoms with E-state index in [-0.39, 0.29) is 11.8 Å². The monoisotopic (exact) mass is 371 g/mol. The molecule has 0 aromatic heterocycles. The quantitative estimate of drug-likeness (QED) is 0.505. The number of amides is 1. The molecular weight excluding hydrogens is 338 g/mol. The summed E-state index contributed by atoms with van der Waals surface area (Å²) in [6, 6.07) is 9.15. The average molecular weight is 372 g/mol. The van der Waals surface area contributed by atoms with E-state index in [0.717, 1.165) is 50.9 Å². The van der Waals surface area contributed by atoms with Gasteiger partial charge in [0.25, 0.3) is 0 Å². The Morgan fingerprint density at radius 2 is 2.15 bits per heavy atom. The van der Waals surface area contributed by atoms with Crippen LogP contribution >= 0.6 is 0 Å². The van der Waals surface area contributed by atoms with Crippen molar-refractivity contribution in [2.75, 3.05) is 19.6 Å². The molecule has 1 aromatic rings. The lowest BCUT2D eigenvalue weighted by atomic mass is 9.97. The van der Waals surface area contributed by atoms with E-state index in [1.807, 2.05) is 0 Å². The minimum absolute atomic E-state index is 0.00917. The molecule has 3 atom stereocenters. The number of aliphatic imine (C=N–C) groups is 1. The van der Waals surface area contributed by atoms with Gasteiger partial charge >= 0.3 is 0 Å². The largest absolute Gasteiger partial charge is 0.369 e. The average Bonchev–Trinajstić information content (AvgIpc) is 3.35. The molecule has 1 aromatic carbocycles. The molecule has 1 aliphatic heterocycles. The van der Waals surface area contributed by atoms with Gasteiger partial charge in [-0.05, 0) is 49.8 Å². The minimum Gasteiger partial charge on any atom is -0.369 e. The van der Waals surface area contributed by atoms with Gasteiger partial charge in [-0.2, -0.15) is 0 Å². The number of primary amides is 1. The second kappa shape index (κ2) is 9.22. The fraction of sp³-hybridized carbons (Fsp3) is 0.619. The van der Waals surface area contributed by atoms with Crippen molar-refractivity contribution in [3.63, 3.8) is 0 Å². The van der Waals surface area contributed by atoms with E-state index in [9.17, 15) is 4.79 Å². The number of rotatable bonds is 7. The summed E-state index contributed by atoms with van der Waals surface area (Å²) in [6.45, 7) is 8.53. The second-order valence-corrected chi connectivity index (χ2v) is 7.96. The maximum atomic E-state index is 11.5. The number of carbonyl (C=O) groups is 1. The van der Waals surface area contributed by atoms with Gasteiger partial charge in [0.1, 0.15) is 0 Å². The molecule has 148 valence electrons. The SMILES string of the molecule is CCNC(=NCc1cccc(CN2CCCC(C(N)=O)C2)c1)NC1CC1C. The van der Waals surface area contributed by atoms with Crippen LogP contribution in [-0.4, -0.2) is 42.4 Å². The number of benzene rings is 1. The molecular formula is C21H33N5O. The Kier molecular flexibility index (Phi) is 6.72. The van der Waals surface area contributed by atoms with E-state index in [4.69, 9.17) is 10.7 Å². The zero-order valence-electron chi connectivity index (χ0n) is 16.6. The Morgan fingerprint density at radius 1 is 1.37 bits per heavy atom. The standard InChI is InChI=1S/C21H33N5O/c1-3-23-21(25-19-10-15(19)2)24-12-16-6-4-7-17(11-16)13-26-9-5-8-18(14-26)20(22)27/h4,6-7,11,15,18-19H,3,5,8-10,12-14H2,1-2H3,(H2,22,27)(H2,23,24,25). The summed E-state index contributed by atoms with van der Waals surface area (Å²) in [5.41, 5.74) is 7.97. The maximum Gasteiger partial charge on any atom is 0.221 e. The van der Waals surface area contributed by atoms with E-state index < -0.39 is 0 Å². The Bertz CT molecular complexity index is 674. The third kappa shape index (κ3) is 5.96. The molecule has 6 heteroatoms. The normalized spacial score (nSPS) is 25.9. The van der Waals surface area contributed by atoms with E-state index in [2.05, 4.69) is 53.6 Å². The van der Waals surface area contributed by atoms with Gasteiger partial charge in [0.15, 0.2) is 5.96 Å². The van der Waals surface area contributed by atoms with Crippen molar-refractivity contribution in [3.8, 4) is 0 Å². The Morgan fingerprint density at radius 3 is 2.85 bits per heavy atom. The van der Waals surface area contributed by atoms with Crippen LogP contribution in [-0.2, 0) is 17.9 Å². The van der Waals surface area contributed by atoms with Crippen molar-refractivity contribution in [2.45, 2.75) is 52.2 Å². The fourth-order valence-corrected chi connectivity index (χ4v) is 3.71. The van der Waals surface area contributed by atoms with Crippen LogP contribution < -0.4 is 16.4 Å². The van der Waals surface area contributed by atoms with Crippen LogP contribution in [0.3, 0.4) is 0 Å². The van der Waals surface area contributed by atoms with Gasteiger partial charge in [0, 0.05) is 25.7 Å². The highest BCUT2D eigenvalue weighted by molar-refractivity contribution is 5.80. The zero-order chi connectivity index (χ0) is 19.2. The van der Waals surface area contributed by atoms with Crippen molar-refractivity contribution in [1.29, 1.82) is 0 Å². The first kappa shape index (κ1) is 19.7. The van der Waals surface area contributed by atoms with Crippen molar-refractivity contribution in [1.82, 2.24) is 15.5 Å². The number of hydrogen-bond acceptors (Lipinski definition) is 3. The molecule has 1 saturated carbocycles. The van der Waals surface area contributed by atoms with Crippen LogP contribution in [0, 0.1) is 11.8 Å². The molecule has 4 N–H and O–H groups in total. The van der Waals surface area contributed by atoms with Gasteiger partial charge in [-0.15, -0.1) is 0 Å². The van der Waals surface area contributed by atoms with Crippen molar-refractivity contribution >= 4 is 11.9 Å². The first-order chi connectivity index (χ1) is 13.0. The third-order valence-electron chi connectivity index (χ3n) is 5.50. The molecule has 1 saturated heterocycles. The number of carbonyl (C=O) groups excluding carboxylic acids is 1. The Balaban J connectivity index is 1.57. The first-order valence-corrected chi connectivity index (χ1v) is 10.2. The summed E-state index contributed by atoms with van der Waals surface area (Å²) < 4.78 is 0. The van der Waals surface area contributed by atoms with Crippen LogP contribution in [0.25, 0.3) is 0 Å². The van der Waals surface area contributed by atoms with Crippen LogP contribution in [0.2, 0.25) is 0 Å². The topological polar surface area (TPSA) is 82.8 Å². The Labute approximate surface area is 162 Å². The van der Waals surface area contributed by atoms with E-state index >= 15 is 0 Å². The number of nitrogens with two attached hydrogens (primary N) is 1. The van der Waals surface area contributed by atoms with Crippen molar-refractivity contribution in [3.05, 3.63) is 35.4 Å².